The van der Waals surface area contributed by atoms with Gasteiger partial charge in [-0.05, 0) is 10.8 Å². The van der Waals surface area contributed by atoms with E-state index in [1.165, 1.54) is 16.0 Å². The van der Waals surface area contributed by atoms with Crippen molar-refractivity contribution in [2.24, 2.45) is 0 Å². The second-order valence-electron chi connectivity index (χ2n) is 2.85. The highest BCUT2D eigenvalue weighted by Gasteiger charge is 1.89. The molecule has 0 bridgehead atoms. The summed E-state index contributed by atoms with van der Waals surface area (Å²) in [6.07, 6.45) is 0. The van der Waals surface area contributed by atoms with Gasteiger partial charge in [0.1, 0.15) is 0 Å². The average Bonchev–Trinajstić information content (AvgIpc) is 2.04. The predicted octanol–water partition coefficient (Wildman–Crippen LogP) is 0.830. The lowest BCUT2D eigenvalue weighted by atomic mass is 10.1. The third kappa shape index (κ3) is 1.19. The van der Waals surface area contributed by atoms with E-state index in [9.17, 15) is 0 Å². The molecular formula is C10H10Si. The number of rotatable bonds is 0. The smallest absolute Gasteiger partial charge is 0.0385 e. The fourth-order valence-corrected chi connectivity index (χ4v) is 1.79. The van der Waals surface area contributed by atoms with E-state index in [2.05, 4.69) is 42.5 Å². The Balaban J connectivity index is 2.83. The summed E-state index contributed by atoms with van der Waals surface area (Å²) in [5, 5.41) is 4.16. The summed E-state index contributed by atoms with van der Waals surface area (Å²) in [5.74, 6) is 0. The highest BCUT2D eigenvalue weighted by Crippen LogP contribution is 2.09. The highest BCUT2D eigenvalue weighted by molar-refractivity contribution is 6.33. The Morgan fingerprint density at radius 3 is 2.36 bits per heavy atom. The van der Waals surface area contributed by atoms with E-state index < -0.39 is 0 Å². The van der Waals surface area contributed by atoms with Crippen molar-refractivity contribution in [3.8, 4) is 0 Å². The van der Waals surface area contributed by atoms with Crippen molar-refractivity contribution in [1.29, 1.82) is 0 Å². The van der Waals surface area contributed by atoms with Gasteiger partial charge in [-0.2, -0.15) is 0 Å². The molecule has 0 radical (unpaired) electrons. The quantitative estimate of drug-likeness (QED) is 0.498. The van der Waals surface area contributed by atoms with Gasteiger partial charge in [0.2, 0.25) is 0 Å². The molecule has 2 aromatic rings. The molecule has 0 aliphatic carbocycles. The van der Waals surface area contributed by atoms with E-state index >= 15 is 0 Å². The molecule has 0 spiro atoms. The van der Waals surface area contributed by atoms with E-state index in [1.807, 2.05) is 0 Å². The van der Waals surface area contributed by atoms with Gasteiger partial charge in [-0.15, -0.1) is 0 Å². The number of benzene rings is 2. The summed E-state index contributed by atoms with van der Waals surface area (Å²) < 4.78 is 0. The maximum Gasteiger partial charge on any atom is 0.0385 e. The molecule has 0 nitrogen and oxygen atoms in total. The zero-order valence-electron chi connectivity index (χ0n) is 6.54. The topological polar surface area (TPSA) is 0 Å². The normalized spacial score (nSPS) is 10.5. The molecule has 1 heteroatoms. The Morgan fingerprint density at radius 2 is 1.55 bits per heavy atom. The Bertz CT molecular complexity index is 379. The molecule has 0 fully saturated rings. The zero-order chi connectivity index (χ0) is 7.68. The Morgan fingerprint density at radius 1 is 0.818 bits per heavy atom. The minimum Gasteiger partial charge on any atom is -0.0701 e. The fourth-order valence-electron chi connectivity index (χ4n) is 1.31. The minimum atomic E-state index is 1.14. The number of fused-ring (bicyclic) bond motifs is 1. The van der Waals surface area contributed by atoms with Crippen LogP contribution in [0.25, 0.3) is 10.8 Å². The van der Waals surface area contributed by atoms with Gasteiger partial charge in [-0.25, -0.2) is 0 Å². The molecule has 0 aliphatic heterocycles. The highest BCUT2D eigenvalue weighted by atomic mass is 28.1. The van der Waals surface area contributed by atoms with Gasteiger partial charge < -0.3 is 0 Å². The molecule has 0 amide bonds. The molecule has 0 heterocycles. The van der Waals surface area contributed by atoms with Crippen LogP contribution in [0.4, 0.5) is 0 Å². The summed E-state index contributed by atoms with van der Waals surface area (Å²) >= 11 is 0. The molecule has 0 N–H and O–H groups in total. The van der Waals surface area contributed by atoms with Crippen molar-refractivity contribution in [1.82, 2.24) is 0 Å². The zero-order valence-corrected chi connectivity index (χ0v) is 8.54. The summed E-state index contributed by atoms with van der Waals surface area (Å²) in [6.45, 7) is 0. The second kappa shape index (κ2) is 2.51. The van der Waals surface area contributed by atoms with Crippen LogP contribution in [0.5, 0.6) is 0 Å². The summed E-state index contributed by atoms with van der Waals surface area (Å²) in [4.78, 5) is 0. The molecule has 0 atom stereocenters. The Kier molecular flexibility index (Phi) is 1.51. The largest absolute Gasteiger partial charge is 0.0701 e. The number of hydrogen-bond donors (Lipinski definition) is 0. The van der Waals surface area contributed by atoms with Gasteiger partial charge in [-0.1, -0.05) is 47.7 Å². The lowest BCUT2D eigenvalue weighted by Gasteiger charge is -1.96. The van der Waals surface area contributed by atoms with Gasteiger partial charge in [-0.3, -0.25) is 0 Å². The molecule has 0 unspecified atom stereocenters. The van der Waals surface area contributed by atoms with Crippen molar-refractivity contribution in [3.63, 3.8) is 0 Å². The summed E-state index contributed by atoms with van der Waals surface area (Å²) in [5.41, 5.74) is 0. The molecule has 2 aromatic carbocycles. The SMILES string of the molecule is [SiH3]c1ccc2ccccc2c1. The summed E-state index contributed by atoms with van der Waals surface area (Å²) in [7, 11) is 1.14. The maximum atomic E-state index is 2.27. The molecule has 0 saturated heterocycles. The van der Waals surface area contributed by atoms with Crippen molar-refractivity contribution < 1.29 is 0 Å². The molecular weight excluding hydrogens is 148 g/mol. The van der Waals surface area contributed by atoms with Crippen LogP contribution in [0.3, 0.4) is 0 Å². The first-order valence-electron chi connectivity index (χ1n) is 3.82. The third-order valence-electron chi connectivity index (χ3n) is 1.90. The van der Waals surface area contributed by atoms with Crippen molar-refractivity contribution in [2.45, 2.75) is 0 Å². The molecule has 0 aliphatic rings. The van der Waals surface area contributed by atoms with Crippen LogP contribution in [-0.4, -0.2) is 10.2 Å². The third-order valence-corrected chi connectivity index (χ3v) is 2.53. The van der Waals surface area contributed by atoms with E-state index in [1.54, 1.807) is 0 Å². The van der Waals surface area contributed by atoms with Gasteiger partial charge in [0.25, 0.3) is 0 Å². The average molecular weight is 158 g/mol. The van der Waals surface area contributed by atoms with Gasteiger partial charge >= 0.3 is 0 Å². The second-order valence-corrected chi connectivity index (χ2v) is 4.01. The molecule has 2 rings (SSSR count). The predicted molar refractivity (Wildman–Crippen MR) is 53.5 cm³/mol. The lowest BCUT2D eigenvalue weighted by Crippen LogP contribution is -1.99. The molecule has 0 saturated carbocycles. The van der Waals surface area contributed by atoms with E-state index in [4.69, 9.17) is 0 Å². The van der Waals surface area contributed by atoms with Gasteiger partial charge in [0.15, 0.2) is 0 Å². The number of hydrogen-bond acceptors (Lipinski definition) is 0. The van der Waals surface area contributed by atoms with Crippen LogP contribution < -0.4 is 5.19 Å². The van der Waals surface area contributed by atoms with E-state index in [0.717, 1.165) is 10.2 Å². The minimum absolute atomic E-state index is 1.14. The van der Waals surface area contributed by atoms with Crippen LogP contribution in [0, 0.1) is 0 Å². The van der Waals surface area contributed by atoms with Crippen LogP contribution in [0.2, 0.25) is 0 Å². The molecule has 11 heavy (non-hydrogen) atoms. The van der Waals surface area contributed by atoms with Crippen LogP contribution >= 0.6 is 0 Å². The Hall–Kier alpha value is -1.08. The van der Waals surface area contributed by atoms with Crippen LogP contribution in [0.1, 0.15) is 0 Å². The van der Waals surface area contributed by atoms with Crippen molar-refractivity contribution in [2.75, 3.05) is 0 Å². The standard InChI is InChI=1S/C10H10Si/c11-10-6-5-8-3-1-2-4-9(8)7-10/h1-7H,11H3. The summed E-state index contributed by atoms with van der Waals surface area (Å²) in [6, 6.07) is 15.1. The van der Waals surface area contributed by atoms with E-state index in [0.29, 0.717) is 0 Å². The van der Waals surface area contributed by atoms with Crippen molar-refractivity contribution >= 4 is 26.2 Å². The molecule has 54 valence electrons. The lowest BCUT2D eigenvalue weighted by molar-refractivity contribution is 1.78. The maximum absolute atomic E-state index is 2.27. The van der Waals surface area contributed by atoms with E-state index in [-0.39, 0.29) is 0 Å². The van der Waals surface area contributed by atoms with Gasteiger partial charge in [0.05, 0.1) is 0 Å². The fraction of sp³-hybridized carbons (Fsp3) is 0. The van der Waals surface area contributed by atoms with Crippen LogP contribution in [-0.2, 0) is 0 Å². The monoisotopic (exact) mass is 158 g/mol. The van der Waals surface area contributed by atoms with Crippen molar-refractivity contribution in [3.05, 3.63) is 42.5 Å². The van der Waals surface area contributed by atoms with Gasteiger partial charge in [0, 0.05) is 10.2 Å². The molecule has 0 aromatic heterocycles. The first-order chi connectivity index (χ1) is 5.36. The Labute approximate surface area is 69.3 Å². The first-order valence-corrected chi connectivity index (χ1v) is 4.82. The first kappa shape index (κ1) is 6.62. The van der Waals surface area contributed by atoms with Crippen LogP contribution in [0.15, 0.2) is 42.5 Å².